The maximum atomic E-state index is 11.8. The first kappa shape index (κ1) is 20.6. The van der Waals surface area contributed by atoms with Gasteiger partial charge in [-0.1, -0.05) is 31.9 Å². The summed E-state index contributed by atoms with van der Waals surface area (Å²) in [5, 5.41) is 8.90. The molecule has 1 atom stereocenters. The van der Waals surface area contributed by atoms with Crippen molar-refractivity contribution in [3.63, 3.8) is 0 Å². The molecule has 0 bridgehead atoms. The number of quaternary nitrogens is 1. The van der Waals surface area contributed by atoms with Gasteiger partial charge in [-0.2, -0.15) is 0 Å². The number of hydrogen-bond donors (Lipinski definition) is 1. The van der Waals surface area contributed by atoms with E-state index in [9.17, 15) is 9.59 Å². The highest BCUT2D eigenvalue weighted by atomic mass is 16.5. The number of likely N-dealkylation sites (N-methyl/N-ethyl adjacent to an activating group) is 1. The Hall–Kier alpha value is -1.36. The van der Waals surface area contributed by atoms with Crippen molar-refractivity contribution < 1.29 is 23.9 Å². The summed E-state index contributed by atoms with van der Waals surface area (Å²) in [4.78, 5) is 22.7. The van der Waals surface area contributed by atoms with Gasteiger partial charge in [-0.3, -0.25) is 9.59 Å². The second-order valence-electron chi connectivity index (χ2n) is 6.69. The van der Waals surface area contributed by atoms with E-state index in [1.807, 2.05) is 27.2 Å². The first-order valence-electron chi connectivity index (χ1n) is 8.11. The predicted molar refractivity (Wildman–Crippen MR) is 87.5 cm³/mol. The SMILES string of the molecule is CCCCC/C=C/CCC(=O)OC(CC(=O)O)C[N+](C)(C)C. The molecule has 1 unspecified atom stereocenters. The van der Waals surface area contributed by atoms with Crippen molar-refractivity contribution >= 4 is 11.9 Å². The third-order valence-electron chi connectivity index (χ3n) is 3.11. The summed E-state index contributed by atoms with van der Waals surface area (Å²) in [5.41, 5.74) is 0. The molecule has 22 heavy (non-hydrogen) atoms. The van der Waals surface area contributed by atoms with Crippen molar-refractivity contribution in [2.75, 3.05) is 27.7 Å². The van der Waals surface area contributed by atoms with Crippen molar-refractivity contribution in [3.05, 3.63) is 12.2 Å². The van der Waals surface area contributed by atoms with E-state index in [0.29, 0.717) is 23.9 Å². The van der Waals surface area contributed by atoms with Gasteiger partial charge in [0.15, 0.2) is 6.10 Å². The molecule has 0 aliphatic carbocycles. The van der Waals surface area contributed by atoms with Crippen LogP contribution in [-0.4, -0.2) is 55.3 Å². The zero-order chi connectivity index (χ0) is 17.0. The molecule has 0 spiro atoms. The highest BCUT2D eigenvalue weighted by Gasteiger charge is 2.24. The Morgan fingerprint density at radius 3 is 2.32 bits per heavy atom. The molecule has 0 aliphatic rings. The topological polar surface area (TPSA) is 63.6 Å². The average molecular weight is 314 g/mol. The Kier molecular flexibility index (Phi) is 10.5. The van der Waals surface area contributed by atoms with E-state index < -0.39 is 12.1 Å². The highest BCUT2D eigenvalue weighted by Crippen LogP contribution is 2.08. The molecule has 0 saturated heterocycles. The maximum Gasteiger partial charge on any atom is 0.307 e. The first-order chi connectivity index (χ1) is 10.2. The minimum absolute atomic E-state index is 0.145. The lowest BCUT2D eigenvalue weighted by molar-refractivity contribution is -0.873. The summed E-state index contributed by atoms with van der Waals surface area (Å²) in [6, 6.07) is 0. The van der Waals surface area contributed by atoms with Gasteiger partial charge in [0.1, 0.15) is 6.54 Å². The lowest BCUT2D eigenvalue weighted by Gasteiger charge is -2.28. The van der Waals surface area contributed by atoms with Gasteiger partial charge in [0.2, 0.25) is 0 Å². The van der Waals surface area contributed by atoms with Crippen molar-refractivity contribution in [3.8, 4) is 0 Å². The molecule has 0 aromatic rings. The summed E-state index contributed by atoms with van der Waals surface area (Å²) < 4.78 is 5.87. The van der Waals surface area contributed by atoms with Crippen LogP contribution >= 0.6 is 0 Å². The van der Waals surface area contributed by atoms with Crippen LogP contribution in [0.3, 0.4) is 0 Å². The number of carboxylic acid groups (broad SMARTS) is 1. The number of carbonyl (C=O) groups is 2. The molecule has 0 radical (unpaired) electrons. The van der Waals surface area contributed by atoms with Gasteiger partial charge in [0, 0.05) is 6.42 Å². The van der Waals surface area contributed by atoms with Gasteiger partial charge in [0.25, 0.3) is 0 Å². The molecule has 0 rings (SSSR count). The van der Waals surface area contributed by atoms with E-state index in [1.165, 1.54) is 19.3 Å². The van der Waals surface area contributed by atoms with Crippen LogP contribution < -0.4 is 0 Å². The molecule has 0 aromatic heterocycles. The molecule has 0 heterocycles. The Balaban J connectivity index is 4.09. The van der Waals surface area contributed by atoms with Crippen LogP contribution in [0, 0.1) is 0 Å². The minimum Gasteiger partial charge on any atom is -0.481 e. The van der Waals surface area contributed by atoms with Crippen molar-refractivity contribution in [2.45, 2.75) is 58.0 Å². The van der Waals surface area contributed by atoms with Crippen LogP contribution in [-0.2, 0) is 14.3 Å². The molecular weight excluding hydrogens is 282 g/mol. The molecular formula is C17H32NO4+. The van der Waals surface area contributed by atoms with Crippen LogP contribution in [0.15, 0.2) is 12.2 Å². The fraction of sp³-hybridized carbons (Fsp3) is 0.765. The largest absolute Gasteiger partial charge is 0.481 e. The van der Waals surface area contributed by atoms with E-state index in [2.05, 4.69) is 13.0 Å². The highest BCUT2D eigenvalue weighted by molar-refractivity contribution is 5.71. The molecule has 128 valence electrons. The predicted octanol–water partition coefficient (Wildman–Crippen LogP) is 3.00. The number of aliphatic carboxylic acids is 1. The number of ether oxygens (including phenoxy) is 1. The zero-order valence-electron chi connectivity index (χ0n) is 14.5. The fourth-order valence-corrected chi connectivity index (χ4v) is 2.14. The molecule has 0 aromatic carbocycles. The quantitative estimate of drug-likeness (QED) is 0.260. The monoisotopic (exact) mass is 314 g/mol. The number of rotatable bonds is 12. The number of carbonyl (C=O) groups excluding carboxylic acids is 1. The van der Waals surface area contributed by atoms with Gasteiger partial charge in [-0.05, 0) is 19.3 Å². The molecule has 0 fully saturated rings. The Bertz CT molecular complexity index is 358. The number of nitrogens with zero attached hydrogens (tertiary/aromatic N) is 1. The van der Waals surface area contributed by atoms with Crippen LogP contribution in [0.4, 0.5) is 0 Å². The summed E-state index contributed by atoms with van der Waals surface area (Å²) in [7, 11) is 5.84. The Morgan fingerprint density at radius 2 is 1.77 bits per heavy atom. The molecule has 5 heteroatoms. The van der Waals surface area contributed by atoms with Crippen molar-refractivity contribution in [1.29, 1.82) is 0 Å². The van der Waals surface area contributed by atoms with Gasteiger partial charge in [-0.15, -0.1) is 0 Å². The molecule has 5 nitrogen and oxygen atoms in total. The summed E-state index contributed by atoms with van der Waals surface area (Å²) >= 11 is 0. The van der Waals surface area contributed by atoms with Crippen LogP contribution in [0.1, 0.15) is 51.9 Å². The second kappa shape index (κ2) is 11.2. The normalized spacial score (nSPS) is 13.3. The lowest BCUT2D eigenvalue weighted by Crippen LogP contribution is -2.43. The molecule has 0 saturated carbocycles. The minimum atomic E-state index is -0.943. The van der Waals surface area contributed by atoms with Gasteiger partial charge in [0.05, 0.1) is 27.6 Å². The number of unbranched alkanes of at least 4 members (excludes halogenated alkanes) is 3. The van der Waals surface area contributed by atoms with E-state index in [0.717, 1.165) is 6.42 Å². The van der Waals surface area contributed by atoms with Crippen LogP contribution in [0.2, 0.25) is 0 Å². The summed E-state index contributed by atoms with van der Waals surface area (Å²) in [6.45, 7) is 2.66. The van der Waals surface area contributed by atoms with Crippen LogP contribution in [0.25, 0.3) is 0 Å². The summed E-state index contributed by atoms with van der Waals surface area (Å²) in [5.74, 6) is -1.26. The number of esters is 1. The lowest BCUT2D eigenvalue weighted by atomic mass is 10.2. The standard InChI is InChI=1S/C17H31NO4/c1-5-6-7-8-9-10-11-12-17(21)22-15(13-16(19)20)14-18(2,3)4/h9-10,15H,5-8,11-14H2,1-4H3/p+1/b10-9+. The smallest absolute Gasteiger partial charge is 0.307 e. The maximum absolute atomic E-state index is 11.8. The molecule has 0 amide bonds. The number of carboxylic acids is 1. The first-order valence-corrected chi connectivity index (χ1v) is 8.11. The van der Waals surface area contributed by atoms with Crippen molar-refractivity contribution in [2.24, 2.45) is 0 Å². The third kappa shape index (κ3) is 13.6. The zero-order valence-corrected chi connectivity index (χ0v) is 14.5. The Labute approximate surface area is 134 Å². The van der Waals surface area contributed by atoms with Gasteiger partial charge in [-0.25, -0.2) is 0 Å². The summed E-state index contributed by atoms with van der Waals surface area (Å²) in [6.07, 6.45) is 9.01. The van der Waals surface area contributed by atoms with E-state index >= 15 is 0 Å². The van der Waals surface area contributed by atoms with E-state index in [1.54, 1.807) is 0 Å². The second-order valence-corrected chi connectivity index (χ2v) is 6.69. The number of hydrogen-bond acceptors (Lipinski definition) is 3. The van der Waals surface area contributed by atoms with Gasteiger partial charge >= 0.3 is 11.9 Å². The van der Waals surface area contributed by atoms with Gasteiger partial charge < -0.3 is 14.3 Å². The van der Waals surface area contributed by atoms with E-state index in [-0.39, 0.29) is 12.4 Å². The number of allylic oxidation sites excluding steroid dienone is 2. The van der Waals surface area contributed by atoms with Crippen molar-refractivity contribution in [1.82, 2.24) is 0 Å². The third-order valence-corrected chi connectivity index (χ3v) is 3.11. The molecule has 0 aliphatic heterocycles. The Morgan fingerprint density at radius 1 is 1.14 bits per heavy atom. The van der Waals surface area contributed by atoms with Crippen LogP contribution in [0.5, 0.6) is 0 Å². The fourth-order valence-electron chi connectivity index (χ4n) is 2.14. The molecule has 1 N–H and O–H groups in total. The average Bonchev–Trinajstić information content (AvgIpc) is 2.34. The van der Waals surface area contributed by atoms with E-state index in [4.69, 9.17) is 9.84 Å².